The van der Waals surface area contributed by atoms with Crippen molar-refractivity contribution in [2.45, 2.75) is 19.8 Å². The van der Waals surface area contributed by atoms with Crippen molar-refractivity contribution in [3.63, 3.8) is 0 Å². The Kier molecular flexibility index (Phi) is 8.36. The maximum absolute atomic E-state index is 14.2. The minimum Gasteiger partial charge on any atom is -0.493 e. The van der Waals surface area contributed by atoms with E-state index in [0.717, 1.165) is 22.0 Å². The molecule has 3 aromatic heterocycles. The van der Waals surface area contributed by atoms with Crippen molar-refractivity contribution in [3.05, 3.63) is 94.3 Å². The van der Waals surface area contributed by atoms with E-state index >= 15 is 0 Å². The number of hydrogen-bond acceptors (Lipinski definition) is 7. The number of thiophene rings is 1. The number of ether oxygens (including phenoxy) is 1. The number of carbonyl (C=O) groups excluding carboxylic acids is 2. The van der Waals surface area contributed by atoms with Gasteiger partial charge in [0, 0.05) is 74.5 Å². The number of carbonyl (C=O) groups is 4. The van der Waals surface area contributed by atoms with E-state index < -0.39 is 29.4 Å². The highest BCUT2D eigenvalue weighted by Gasteiger charge is 2.27. The Morgan fingerprint density at radius 3 is 2.65 bits per heavy atom. The molecular weight excluding hydrogens is 608 g/mol. The molecule has 12 heteroatoms. The molecule has 4 heterocycles. The average molecular weight is 637 g/mol. The van der Waals surface area contributed by atoms with Crippen molar-refractivity contribution in [1.82, 2.24) is 15.3 Å². The van der Waals surface area contributed by atoms with Crippen LogP contribution in [0.15, 0.2) is 66.2 Å². The Morgan fingerprint density at radius 1 is 1.02 bits per heavy atom. The van der Waals surface area contributed by atoms with Crippen LogP contribution >= 0.6 is 11.3 Å². The zero-order valence-electron chi connectivity index (χ0n) is 24.5. The average Bonchev–Trinajstić information content (AvgIpc) is 3.69. The van der Waals surface area contributed by atoms with Crippen LogP contribution in [0.2, 0.25) is 0 Å². The van der Waals surface area contributed by atoms with Crippen molar-refractivity contribution in [2.75, 3.05) is 18.5 Å². The third-order valence-corrected chi connectivity index (χ3v) is 8.55. The van der Waals surface area contributed by atoms with Crippen LogP contribution in [-0.4, -0.2) is 57.1 Å². The Bertz CT molecular complexity index is 2060. The number of pyridine rings is 1. The van der Waals surface area contributed by atoms with Gasteiger partial charge in [-0.2, -0.15) is 0 Å². The van der Waals surface area contributed by atoms with E-state index in [4.69, 9.17) is 4.74 Å². The smallest absolute Gasteiger partial charge is 0.355 e. The zero-order chi connectivity index (χ0) is 32.4. The summed E-state index contributed by atoms with van der Waals surface area (Å²) in [7, 11) is 0. The molecule has 6 rings (SSSR count). The maximum atomic E-state index is 14.2. The number of H-pyrrole nitrogens is 1. The number of carboxylic acids is 2. The number of aromatic amines is 1. The summed E-state index contributed by atoms with van der Waals surface area (Å²) < 4.78 is 6.10. The second-order valence-electron chi connectivity index (χ2n) is 10.5. The summed E-state index contributed by atoms with van der Waals surface area (Å²) in [5, 5.41) is 27.8. The predicted molar refractivity (Wildman–Crippen MR) is 175 cm³/mol. The number of anilines is 1. The molecule has 232 valence electrons. The molecule has 46 heavy (non-hydrogen) atoms. The third kappa shape index (κ3) is 5.85. The summed E-state index contributed by atoms with van der Waals surface area (Å²) in [6.45, 7) is 2.69. The molecule has 2 aromatic carbocycles. The summed E-state index contributed by atoms with van der Waals surface area (Å²) in [6.07, 6.45) is 5.46. The largest absolute Gasteiger partial charge is 0.493 e. The van der Waals surface area contributed by atoms with Crippen molar-refractivity contribution >= 4 is 57.8 Å². The number of benzene rings is 2. The molecule has 0 saturated carbocycles. The van der Waals surface area contributed by atoms with Crippen LogP contribution in [0.5, 0.6) is 5.75 Å². The topological polar surface area (TPSA) is 171 Å². The van der Waals surface area contributed by atoms with Crippen LogP contribution in [0, 0.1) is 0 Å². The molecule has 0 spiro atoms. The number of aliphatic carboxylic acids is 1. The van der Waals surface area contributed by atoms with Crippen LogP contribution in [0.25, 0.3) is 38.5 Å². The molecule has 2 amide bonds. The lowest BCUT2D eigenvalue weighted by Crippen LogP contribution is -2.25. The van der Waals surface area contributed by atoms with Gasteiger partial charge in [0.25, 0.3) is 11.8 Å². The Hall–Kier alpha value is -5.75. The van der Waals surface area contributed by atoms with Gasteiger partial charge in [-0.15, -0.1) is 11.3 Å². The lowest BCUT2D eigenvalue weighted by molar-refractivity contribution is -0.131. The van der Waals surface area contributed by atoms with Gasteiger partial charge in [0.1, 0.15) is 11.4 Å². The van der Waals surface area contributed by atoms with Gasteiger partial charge in [0.05, 0.1) is 6.61 Å². The van der Waals surface area contributed by atoms with Crippen molar-refractivity contribution in [1.29, 1.82) is 0 Å². The molecule has 11 nitrogen and oxygen atoms in total. The van der Waals surface area contributed by atoms with E-state index in [-0.39, 0.29) is 22.4 Å². The standard InChI is InChI=1S/C34H28N4O7S/c1-2-12-36-33(42)27-5-3-21(30(37-27)34(43)44)22-17-28-24(31-18(10-14-45-28)11-15-46-31)16-23(22)32(41)38-26-7-6-25-20(9-13-35-25)19(26)4-8-29(39)40/h3-9,11,13,15-17,35H,2,10,12,14H2,1H3,(H,36,42)(H,38,41)(H,39,40)(H,43,44)/b8-4+. The first-order valence-electron chi connectivity index (χ1n) is 14.5. The molecule has 0 unspecified atom stereocenters. The number of amides is 2. The number of hydrogen-bond donors (Lipinski definition) is 5. The summed E-state index contributed by atoms with van der Waals surface area (Å²) >= 11 is 1.51. The van der Waals surface area contributed by atoms with Crippen LogP contribution < -0.4 is 15.4 Å². The quantitative estimate of drug-likeness (QED) is 0.121. The summed E-state index contributed by atoms with van der Waals surface area (Å²) in [4.78, 5) is 59.0. The molecular formula is C34H28N4O7S. The van der Waals surface area contributed by atoms with Gasteiger partial charge in [-0.3, -0.25) is 9.59 Å². The minimum atomic E-state index is -1.37. The zero-order valence-corrected chi connectivity index (χ0v) is 25.4. The molecule has 5 N–H and O–H groups in total. The van der Waals surface area contributed by atoms with Gasteiger partial charge in [-0.05, 0) is 72.0 Å². The molecule has 0 saturated heterocycles. The fraction of sp³-hybridized carbons (Fsp3) is 0.147. The fourth-order valence-electron chi connectivity index (χ4n) is 5.41. The number of aromatic carboxylic acids is 1. The van der Waals surface area contributed by atoms with Crippen molar-refractivity contribution in [3.8, 4) is 27.3 Å². The highest BCUT2D eigenvalue weighted by Crippen LogP contribution is 2.43. The second kappa shape index (κ2) is 12.7. The third-order valence-electron chi connectivity index (χ3n) is 7.56. The number of carboxylic acid groups (broad SMARTS) is 2. The van der Waals surface area contributed by atoms with E-state index in [9.17, 15) is 29.4 Å². The number of nitrogens with zero attached hydrogens (tertiary/aromatic N) is 1. The van der Waals surface area contributed by atoms with E-state index in [0.29, 0.717) is 53.9 Å². The van der Waals surface area contributed by atoms with Crippen LogP contribution in [0.3, 0.4) is 0 Å². The number of fused-ring (bicyclic) bond motifs is 4. The lowest BCUT2D eigenvalue weighted by atomic mass is 9.93. The summed E-state index contributed by atoms with van der Waals surface area (Å²) in [5.74, 6) is -3.12. The summed E-state index contributed by atoms with van der Waals surface area (Å²) in [6, 6.07) is 13.4. The molecule has 1 aliphatic heterocycles. The predicted octanol–water partition coefficient (Wildman–Crippen LogP) is 6.08. The molecule has 0 atom stereocenters. The highest BCUT2D eigenvalue weighted by atomic mass is 32.1. The molecule has 0 fully saturated rings. The molecule has 0 bridgehead atoms. The Balaban J connectivity index is 1.52. The SMILES string of the molecule is CCCNC(=O)c1ccc(-c2cc3c(cc2C(=O)Nc2ccc4[nH]ccc4c2/C=C/C(=O)O)-c2sccc2CCO3)c(C(=O)O)n1. The first-order valence-corrected chi connectivity index (χ1v) is 15.4. The van der Waals surface area contributed by atoms with E-state index in [1.807, 2.05) is 18.4 Å². The van der Waals surface area contributed by atoms with Crippen molar-refractivity contribution < 1.29 is 34.1 Å². The van der Waals surface area contributed by atoms with Gasteiger partial charge >= 0.3 is 11.9 Å². The van der Waals surface area contributed by atoms with Gasteiger partial charge in [0.2, 0.25) is 0 Å². The first kappa shape index (κ1) is 30.3. The maximum Gasteiger partial charge on any atom is 0.355 e. The fourth-order valence-corrected chi connectivity index (χ4v) is 6.39. The van der Waals surface area contributed by atoms with Gasteiger partial charge < -0.3 is 30.6 Å². The van der Waals surface area contributed by atoms with Gasteiger partial charge in [-0.1, -0.05) is 6.92 Å². The molecule has 1 aliphatic rings. The normalized spacial score (nSPS) is 12.2. The Labute approximate surface area is 266 Å². The number of nitrogens with one attached hydrogen (secondary N) is 3. The lowest BCUT2D eigenvalue weighted by Gasteiger charge is -2.18. The highest BCUT2D eigenvalue weighted by molar-refractivity contribution is 7.13. The minimum absolute atomic E-state index is 0.0653. The van der Waals surface area contributed by atoms with Gasteiger partial charge in [0.15, 0.2) is 5.69 Å². The summed E-state index contributed by atoms with van der Waals surface area (Å²) in [5.41, 5.74) is 3.36. The van der Waals surface area contributed by atoms with Gasteiger partial charge in [-0.25, -0.2) is 14.6 Å². The van der Waals surface area contributed by atoms with E-state index in [2.05, 4.69) is 20.6 Å². The van der Waals surface area contributed by atoms with Crippen molar-refractivity contribution in [2.24, 2.45) is 0 Å². The number of rotatable bonds is 9. The monoisotopic (exact) mass is 636 g/mol. The molecule has 5 aromatic rings. The van der Waals surface area contributed by atoms with E-state index in [1.165, 1.54) is 29.5 Å². The molecule has 0 radical (unpaired) electrons. The number of aromatic nitrogens is 2. The van der Waals surface area contributed by atoms with Crippen LogP contribution in [0.4, 0.5) is 5.69 Å². The second-order valence-corrected chi connectivity index (χ2v) is 11.4. The Morgan fingerprint density at radius 2 is 1.87 bits per heavy atom. The first-order chi connectivity index (χ1) is 22.2. The van der Waals surface area contributed by atoms with E-state index in [1.54, 1.807) is 36.5 Å². The molecule has 0 aliphatic carbocycles. The van der Waals surface area contributed by atoms with Crippen LogP contribution in [-0.2, 0) is 11.2 Å². The van der Waals surface area contributed by atoms with Crippen LogP contribution in [0.1, 0.15) is 55.8 Å².